The second-order valence-corrected chi connectivity index (χ2v) is 6.99. The van der Waals surface area contributed by atoms with Gasteiger partial charge < -0.3 is 19.1 Å². The van der Waals surface area contributed by atoms with E-state index in [0.29, 0.717) is 17.1 Å². The van der Waals surface area contributed by atoms with Crippen LogP contribution in [-0.4, -0.2) is 37.6 Å². The molecule has 2 aromatic carbocycles. The van der Waals surface area contributed by atoms with Gasteiger partial charge in [0.05, 0.1) is 5.92 Å². The van der Waals surface area contributed by atoms with Crippen LogP contribution in [0.2, 0.25) is 0 Å². The molecule has 1 atom stereocenters. The molecule has 0 aromatic heterocycles. The lowest BCUT2D eigenvalue weighted by Gasteiger charge is -2.19. The molecule has 2 heterocycles. The maximum atomic E-state index is 12.5. The first-order valence-electron chi connectivity index (χ1n) is 9.54. The minimum absolute atomic E-state index is 0.0785. The van der Waals surface area contributed by atoms with Gasteiger partial charge >= 0.3 is 5.97 Å². The van der Waals surface area contributed by atoms with Gasteiger partial charge in [0.2, 0.25) is 12.7 Å². The van der Waals surface area contributed by atoms with Crippen LogP contribution < -0.4 is 14.4 Å². The number of aryl methyl sites for hydroxylation is 1. The highest BCUT2D eigenvalue weighted by Gasteiger charge is 2.37. The van der Waals surface area contributed by atoms with Crippen molar-refractivity contribution in [3.8, 4) is 11.5 Å². The van der Waals surface area contributed by atoms with Crippen molar-refractivity contribution in [3.63, 3.8) is 0 Å². The van der Waals surface area contributed by atoms with E-state index in [1.807, 2.05) is 31.2 Å². The number of amides is 1. The normalized spacial score (nSPS) is 17.5. The molecular weight excluding hydrogens is 374 g/mol. The minimum Gasteiger partial charge on any atom is -0.457 e. The number of ketones is 1. The van der Waals surface area contributed by atoms with Gasteiger partial charge in [-0.15, -0.1) is 0 Å². The smallest absolute Gasteiger partial charge is 0.311 e. The summed E-state index contributed by atoms with van der Waals surface area (Å²) in [5.41, 5.74) is 2.25. The summed E-state index contributed by atoms with van der Waals surface area (Å²) in [6.45, 7) is 2.02. The van der Waals surface area contributed by atoms with Gasteiger partial charge in [0, 0.05) is 24.2 Å². The standard InChI is InChI=1S/C22H21NO6/c1-2-14-5-3-4-6-17(14)23-11-16(10-21(23)25)22(26)27-12-18(24)15-7-8-19-20(9-15)29-13-28-19/h3-9,16H,2,10-13H2,1H3/t16-/m0/s1. The zero-order valence-corrected chi connectivity index (χ0v) is 16.1. The number of ether oxygens (including phenoxy) is 3. The van der Waals surface area contributed by atoms with Crippen molar-refractivity contribution < 1.29 is 28.6 Å². The van der Waals surface area contributed by atoms with Crippen molar-refractivity contribution in [1.29, 1.82) is 0 Å². The molecule has 1 saturated heterocycles. The third-order valence-corrected chi connectivity index (χ3v) is 5.16. The monoisotopic (exact) mass is 395 g/mol. The van der Waals surface area contributed by atoms with Crippen molar-refractivity contribution in [2.24, 2.45) is 5.92 Å². The molecule has 29 heavy (non-hydrogen) atoms. The first kappa shape index (κ1) is 19.0. The summed E-state index contributed by atoms with van der Waals surface area (Å²) >= 11 is 0. The summed E-state index contributed by atoms with van der Waals surface area (Å²) in [6, 6.07) is 12.5. The number of rotatable bonds is 6. The SMILES string of the molecule is CCc1ccccc1N1C[C@@H](C(=O)OCC(=O)c2ccc3c(c2)OCO3)CC1=O. The lowest BCUT2D eigenvalue weighted by molar-refractivity contribution is -0.147. The Morgan fingerprint density at radius 2 is 1.93 bits per heavy atom. The predicted octanol–water partition coefficient (Wildman–Crippen LogP) is 2.76. The number of carbonyl (C=O) groups is 3. The van der Waals surface area contributed by atoms with E-state index >= 15 is 0 Å². The van der Waals surface area contributed by atoms with Gasteiger partial charge in [-0.05, 0) is 36.2 Å². The Bertz CT molecular complexity index is 970. The molecule has 0 radical (unpaired) electrons. The molecule has 7 heteroatoms. The zero-order valence-electron chi connectivity index (χ0n) is 16.1. The van der Waals surface area contributed by atoms with Crippen molar-refractivity contribution in [1.82, 2.24) is 0 Å². The Hall–Kier alpha value is -3.35. The summed E-state index contributed by atoms with van der Waals surface area (Å²) in [6.07, 6.45) is 0.869. The fourth-order valence-electron chi connectivity index (χ4n) is 3.58. The lowest BCUT2D eigenvalue weighted by Crippen LogP contribution is -2.28. The van der Waals surface area contributed by atoms with Crippen molar-refractivity contribution in [3.05, 3.63) is 53.6 Å². The van der Waals surface area contributed by atoms with Crippen LogP contribution in [0.3, 0.4) is 0 Å². The van der Waals surface area contributed by atoms with Crippen LogP contribution in [0.5, 0.6) is 11.5 Å². The molecule has 1 fully saturated rings. The fourth-order valence-corrected chi connectivity index (χ4v) is 3.58. The van der Waals surface area contributed by atoms with Crippen molar-refractivity contribution >= 4 is 23.3 Å². The van der Waals surface area contributed by atoms with E-state index in [-0.39, 0.29) is 38.1 Å². The van der Waals surface area contributed by atoms with Crippen molar-refractivity contribution in [2.45, 2.75) is 19.8 Å². The average molecular weight is 395 g/mol. The van der Waals surface area contributed by atoms with E-state index in [1.54, 1.807) is 23.1 Å². The van der Waals surface area contributed by atoms with E-state index in [0.717, 1.165) is 17.7 Å². The van der Waals surface area contributed by atoms with Gasteiger partial charge in [-0.25, -0.2) is 0 Å². The lowest BCUT2D eigenvalue weighted by atomic mass is 10.1. The molecule has 2 aliphatic heterocycles. The van der Waals surface area contributed by atoms with E-state index < -0.39 is 11.9 Å². The highest BCUT2D eigenvalue weighted by molar-refractivity contribution is 6.01. The highest BCUT2D eigenvalue weighted by atomic mass is 16.7. The number of esters is 1. The Labute approximate surface area is 168 Å². The van der Waals surface area contributed by atoms with Crippen molar-refractivity contribution in [2.75, 3.05) is 24.8 Å². The Morgan fingerprint density at radius 3 is 2.76 bits per heavy atom. The molecule has 150 valence electrons. The van der Waals surface area contributed by atoms with Gasteiger partial charge in [-0.3, -0.25) is 14.4 Å². The summed E-state index contributed by atoms with van der Waals surface area (Å²) in [7, 11) is 0. The third kappa shape index (κ3) is 3.81. The maximum Gasteiger partial charge on any atom is 0.311 e. The molecule has 0 bridgehead atoms. The molecule has 2 aliphatic rings. The van der Waals surface area contributed by atoms with Crippen LogP contribution >= 0.6 is 0 Å². The number of carbonyl (C=O) groups excluding carboxylic acids is 3. The molecule has 0 unspecified atom stereocenters. The molecule has 0 saturated carbocycles. The molecule has 7 nitrogen and oxygen atoms in total. The molecule has 1 amide bonds. The molecule has 0 spiro atoms. The minimum atomic E-state index is -0.586. The second kappa shape index (κ2) is 7.95. The molecular formula is C22H21NO6. The number of para-hydroxylation sites is 1. The van der Waals surface area contributed by atoms with E-state index in [1.165, 1.54) is 0 Å². The van der Waals surface area contributed by atoms with Gasteiger partial charge in [0.25, 0.3) is 0 Å². The maximum absolute atomic E-state index is 12.5. The van der Waals surface area contributed by atoms with Crippen LogP contribution in [0.4, 0.5) is 5.69 Å². The number of hydrogen-bond donors (Lipinski definition) is 0. The van der Waals surface area contributed by atoms with Crippen LogP contribution in [0.15, 0.2) is 42.5 Å². The van der Waals surface area contributed by atoms with E-state index in [2.05, 4.69) is 0 Å². The molecule has 0 N–H and O–H groups in total. The van der Waals surface area contributed by atoms with Crippen LogP contribution in [0, 0.1) is 5.92 Å². The molecule has 0 aliphatic carbocycles. The summed E-state index contributed by atoms with van der Waals surface area (Å²) < 4.78 is 15.7. The largest absolute Gasteiger partial charge is 0.457 e. The third-order valence-electron chi connectivity index (χ3n) is 5.16. The number of fused-ring (bicyclic) bond motifs is 1. The first-order chi connectivity index (χ1) is 14.1. The number of hydrogen-bond acceptors (Lipinski definition) is 6. The molecule has 2 aromatic rings. The van der Waals surface area contributed by atoms with Crippen LogP contribution in [-0.2, 0) is 20.7 Å². The van der Waals surface area contributed by atoms with Gasteiger partial charge in [-0.1, -0.05) is 25.1 Å². The Kier molecular flexibility index (Phi) is 5.20. The first-order valence-corrected chi connectivity index (χ1v) is 9.54. The van der Waals surface area contributed by atoms with Crippen LogP contribution in [0.1, 0.15) is 29.3 Å². The number of benzene rings is 2. The average Bonchev–Trinajstić information content (AvgIpc) is 3.37. The van der Waals surface area contributed by atoms with E-state index in [9.17, 15) is 14.4 Å². The second-order valence-electron chi connectivity index (χ2n) is 6.99. The van der Waals surface area contributed by atoms with Gasteiger partial charge in [-0.2, -0.15) is 0 Å². The summed E-state index contributed by atoms with van der Waals surface area (Å²) in [5, 5.41) is 0. The topological polar surface area (TPSA) is 82.1 Å². The summed E-state index contributed by atoms with van der Waals surface area (Å²) in [5.74, 6) is -0.505. The van der Waals surface area contributed by atoms with E-state index in [4.69, 9.17) is 14.2 Å². The number of Topliss-reactive ketones (excluding diaryl/α,β-unsaturated/α-hetero) is 1. The Balaban J connectivity index is 1.37. The highest BCUT2D eigenvalue weighted by Crippen LogP contribution is 2.33. The van der Waals surface area contributed by atoms with Crippen LogP contribution in [0.25, 0.3) is 0 Å². The fraction of sp³-hybridized carbons (Fsp3) is 0.318. The zero-order chi connectivity index (χ0) is 20.4. The quantitative estimate of drug-likeness (QED) is 0.553. The number of anilines is 1. The van der Waals surface area contributed by atoms with Gasteiger partial charge in [0.15, 0.2) is 23.9 Å². The predicted molar refractivity (Wildman–Crippen MR) is 104 cm³/mol. The van der Waals surface area contributed by atoms with Gasteiger partial charge in [0.1, 0.15) is 0 Å². The molecule has 4 rings (SSSR count). The number of nitrogens with zero attached hydrogens (tertiary/aromatic N) is 1. The Morgan fingerprint density at radius 1 is 1.14 bits per heavy atom. The summed E-state index contributed by atoms with van der Waals surface area (Å²) in [4.78, 5) is 38.9.